The predicted molar refractivity (Wildman–Crippen MR) is 92.4 cm³/mol. The maximum Gasteiger partial charge on any atom is 0.289 e. The summed E-state index contributed by atoms with van der Waals surface area (Å²) in [5.74, 6) is 1.69. The molecule has 6 nitrogen and oxygen atoms in total. The number of para-hydroxylation sites is 1. The molecule has 6 heteroatoms. The molecule has 1 unspecified atom stereocenters. The van der Waals surface area contributed by atoms with Crippen LogP contribution in [0.2, 0.25) is 0 Å². The zero-order chi connectivity index (χ0) is 17.1. The van der Waals surface area contributed by atoms with Gasteiger partial charge in [-0.25, -0.2) is 0 Å². The van der Waals surface area contributed by atoms with Gasteiger partial charge in [0.15, 0.2) is 5.76 Å². The number of amides is 1. The van der Waals surface area contributed by atoms with Gasteiger partial charge >= 0.3 is 0 Å². The predicted octanol–water partition coefficient (Wildman–Crippen LogP) is 2.96. The smallest absolute Gasteiger partial charge is 0.289 e. The fourth-order valence-electron chi connectivity index (χ4n) is 3.43. The maximum absolute atomic E-state index is 12.5. The summed E-state index contributed by atoms with van der Waals surface area (Å²) in [5, 5.41) is 8.37. The van der Waals surface area contributed by atoms with Gasteiger partial charge in [-0.1, -0.05) is 18.2 Å². The summed E-state index contributed by atoms with van der Waals surface area (Å²) in [6.07, 6.45) is 6.17. The van der Waals surface area contributed by atoms with Crippen molar-refractivity contribution in [2.45, 2.75) is 19.3 Å². The lowest BCUT2D eigenvalue weighted by atomic mass is 9.94. The number of hydrogen-bond donors (Lipinski definition) is 0. The highest BCUT2D eigenvalue weighted by Crippen LogP contribution is 2.23. The van der Waals surface area contributed by atoms with Gasteiger partial charge in [0.25, 0.3) is 5.91 Å². The SMILES string of the molecule is O=C(c1ccco1)N1CCCC(Cc2nncn2-c2ccccc2)C1. The van der Waals surface area contributed by atoms with E-state index in [4.69, 9.17) is 4.42 Å². The lowest BCUT2D eigenvalue weighted by Gasteiger charge is -2.32. The van der Waals surface area contributed by atoms with Crippen molar-refractivity contribution < 1.29 is 9.21 Å². The molecule has 1 aromatic carbocycles. The van der Waals surface area contributed by atoms with E-state index in [1.807, 2.05) is 39.8 Å². The van der Waals surface area contributed by atoms with Crippen LogP contribution in [0.1, 0.15) is 29.2 Å². The number of nitrogens with zero attached hydrogens (tertiary/aromatic N) is 4. The number of likely N-dealkylation sites (tertiary alicyclic amines) is 1. The number of furan rings is 1. The van der Waals surface area contributed by atoms with Gasteiger partial charge in [-0.2, -0.15) is 0 Å². The molecule has 2 aromatic heterocycles. The van der Waals surface area contributed by atoms with Gasteiger partial charge in [0.1, 0.15) is 12.2 Å². The normalized spacial score (nSPS) is 17.6. The average Bonchev–Trinajstić information content (AvgIpc) is 3.34. The van der Waals surface area contributed by atoms with Crippen LogP contribution in [-0.4, -0.2) is 38.7 Å². The third-order valence-electron chi connectivity index (χ3n) is 4.66. The van der Waals surface area contributed by atoms with E-state index in [0.717, 1.165) is 43.9 Å². The topological polar surface area (TPSA) is 64.2 Å². The molecule has 0 saturated carbocycles. The van der Waals surface area contributed by atoms with Gasteiger partial charge in [0.05, 0.1) is 6.26 Å². The second kappa shape index (κ2) is 6.93. The van der Waals surface area contributed by atoms with E-state index < -0.39 is 0 Å². The van der Waals surface area contributed by atoms with Gasteiger partial charge < -0.3 is 9.32 Å². The summed E-state index contributed by atoms with van der Waals surface area (Å²) in [6.45, 7) is 1.50. The molecule has 0 radical (unpaired) electrons. The van der Waals surface area contributed by atoms with Crippen LogP contribution in [0.5, 0.6) is 0 Å². The van der Waals surface area contributed by atoms with E-state index in [1.165, 1.54) is 6.26 Å². The molecular formula is C19H20N4O2. The molecule has 1 atom stereocenters. The first-order chi connectivity index (χ1) is 12.3. The minimum Gasteiger partial charge on any atom is -0.459 e. The molecule has 0 bridgehead atoms. The first-order valence-corrected chi connectivity index (χ1v) is 8.58. The van der Waals surface area contributed by atoms with Crippen molar-refractivity contribution in [2.24, 2.45) is 5.92 Å². The molecule has 1 amide bonds. The highest BCUT2D eigenvalue weighted by Gasteiger charge is 2.27. The molecule has 1 saturated heterocycles. The molecule has 4 rings (SSSR count). The molecule has 1 aliphatic heterocycles. The summed E-state index contributed by atoms with van der Waals surface area (Å²) >= 11 is 0. The van der Waals surface area contributed by atoms with Crippen molar-refractivity contribution >= 4 is 5.91 Å². The van der Waals surface area contributed by atoms with Gasteiger partial charge in [0, 0.05) is 25.2 Å². The lowest BCUT2D eigenvalue weighted by molar-refractivity contribution is 0.0640. The Morgan fingerprint density at radius 3 is 2.88 bits per heavy atom. The number of hydrogen-bond acceptors (Lipinski definition) is 4. The number of carbonyl (C=O) groups is 1. The molecule has 1 fully saturated rings. The summed E-state index contributed by atoms with van der Waals surface area (Å²) < 4.78 is 7.27. The molecule has 0 spiro atoms. The van der Waals surface area contributed by atoms with Crippen molar-refractivity contribution in [1.29, 1.82) is 0 Å². The Labute approximate surface area is 146 Å². The van der Waals surface area contributed by atoms with Crippen LogP contribution < -0.4 is 0 Å². The number of aromatic nitrogens is 3. The van der Waals surface area contributed by atoms with Gasteiger partial charge in [-0.05, 0) is 43.0 Å². The van der Waals surface area contributed by atoms with Crippen LogP contribution in [0.25, 0.3) is 5.69 Å². The summed E-state index contributed by atoms with van der Waals surface area (Å²) in [7, 11) is 0. The second-order valence-electron chi connectivity index (χ2n) is 6.39. The molecule has 25 heavy (non-hydrogen) atoms. The standard InChI is InChI=1S/C19H20N4O2/c24-19(17-9-5-11-25-17)22-10-4-6-15(13-22)12-18-21-20-14-23(18)16-7-2-1-3-8-16/h1-3,5,7-9,11,14-15H,4,6,10,12-13H2. The maximum atomic E-state index is 12.5. The lowest BCUT2D eigenvalue weighted by Crippen LogP contribution is -2.40. The average molecular weight is 336 g/mol. The largest absolute Gasteiger partial charge is 0.459 e. The summed E-state index contributed by atoms with van der Waals surface area (Å²) in [4.78, 5) is 14.4. The third kappa shape index (κ3) is 3.33. The van der Waals surface area contributed by atoms with E-state index in [0.29, 0.717) is 11.7 Å². The Kier molecular flexibility index (Phi) is 4.33. The van der Waals surface area contributed by atoms with Gasteiger partial charge in [0.2, 0.25) is 0 Å². The molecule has 3 aromatic rings. The molecule has 0 N–H and O–H groups in total. The number of rotatable bonds is 4. The van der Waals surface area contributed by atoms with Crippen LogP contribution >= 0.6 is 0 Å². The van der Waals surface area contributed by atoms with Crippen molar-refractivity contribution in [3.8, 4) is 5.69 Å². The van der Waals surface area contributed by atoms with Crippen LogP contribution in [0, 0.1) is 5.92 Å². The van der Waals surface area contributed by atoms with Crippen molar-refractivity contribution in [3.63, 3.8) is 0 Å². The number of benzene rings is 1. The Bertz CT molecular complexity index is 826. The second-order valence-corrected chi connectivity index (χ2v) is 6.39. The van der Waals surface area contributed by atoms with Gasteiger partial charge in [-0.15, -0.1) is 10.2 Å². The Morgan fingerprint density at radius 2 is 2.08 bits per heavy atom. The zero-order valence-electron chi connectivity index (χ0n) is 13.9. The van der Waals surface area contributed by atoms with Crippen LogP contribution in [0.3, 0.4) is 0 Å². The van der Waals surface area contributed by atoms with Crippen molar-refractivity contribution in [3.05, 3.63) is 66.6 Å². The minimum atomic E-state index is -0.0285. The minimum absolute atomic E-state index is 0.0285. The Morgan fingerprint density at radius 1 is 1.20 bits per heavy atom. The highest BCUT2D eigenvalue weighted by atomic mass is 16.3. The van der Waals surface area contributed by atoms with E-state index in [-0.39, 0.29) is 5.91 Å². The molecule has 1 aliphatic rings. The number of carbonyl (C=O) groups excluding carboxylic acids is 1. The highest BCUT2D eigenvalue weighted by molar-refractivity contribution is 5.91. The van der Waals surface area contributed by atoms with Crippen molar-refractivity contribution in [2.75, 3.05) is 13.1 Å². The molecular weight excluding hydrogens is 316 g/mol. The zero-order valence-corrected chi connectivity index (χ0v) is 13.9. The fraction of sp³-hybridized carbons (Fsp3) is 0.316. The monoisotopic (exact) mass is 336 g/mol. The van der Waals surface area contributed by atoms with E-state index in [9.17, 15) is 4.79 Å². The first kappa shape index (κ1) is 15.6. The molecule has 3 heterocycles. The van der Waals surface area contributed by atoms with Crippen molar-refractivity contribution in [1.82, 2.24) is 19.7 Å². The molecule has 128 valence electrons. The third-order valence-corrected chi connectivity index (χ3v) is 4.66. The Hall–Kier alpha value is -2.89. The molecule has 0 aliphatic carbocycles. The van der Waals surface area contributed by atoms with Crippen LogP contribution in [-0.2, 0) is 6.42 Å². The quantitative estimate of drug-likeness (QED) is 0.735. The summed E-state index contributed by atoms with van der Waals surface area (Å²) in [6, 6.07) is 13.6. The van der Waals surface area contributed by atoms with E-state index >= 15 is 0 Å². The van der Waals surface area contributed by atoms with Crippen LogP contribution in [0.15, 0.2) is 59.5 Å². The number of piperidine rings is 1. The fourth-order valence-corrected chi connectivity index (χ4v) is 3.43. The van der Waals surface area contributed by atoms with Crippen LogP contribution in [0.4, 0.5) is 0 Å². The van der Waals surface area contributed by atoms with E-state index in [2.05, 4.69) is 10.2 Å². The first-order valence-electron chi connectivity index (χ1n) is 8.58. The summed E-state index contributed by atoms with van der Waals surface area (Å²) in [5.41, 5.74) is 1.06. The van der Waals surface area contributed by atoms with Gasteiger partial charge in [-0.3, -0.25) is 9.36 Å². The Balaban J connectivity index is 1.47. The van der Waals surface area contributed by atoms with E-state index in [1.54, 1.807) is 18.5 Å².